The van der Waals surface area contributed by atoms with Crippen molar-refractivity contribution in [3.8, 4) is 0 Å². The van der Waals surface area contributed by atoms with E-state index >= 15 is 0 Å². The zero-order chi connectivity index (χ0) is 14.7. The molecule has 7 nitrogen and oxygen atoms in total. The Hall–Kier alpha value is -2.15. The normalized spacial score (nSPS) is 18.7. The minimum atomic E-state index is -0.587. The van der Waals surface area contributed by atoms with Crippen LogP contribution in [-0.4, -0.2) is 43.8 Å². The molecule has 7 heteroatoms. The number of nitro benzene ring substituents is 1. The third kappa shape index (κ3) is 3.05. The largest absolute Gasteiger partial charge is 0.465 e. The summed E-state index contributed by atoms with van der Waals surface area (Å²) in [5.41, 5.74) is 0.688. The van der Waals surface area contributed by atoms with Crippen molar-refractivity contribution in [3.05, 3.63) is 33.9 Å². The average Bonchev–Trinajstić information content (AvgIpc) is 2.45. The van der Waals surface area contributed by atoms with Gasteiger partial charge in [0.05, 0.1) is 30.3 Å². The van der Waals surface area contributed by atoms with Crippen LogP contribution < -0.4 is 4.90 Å². The second-order valence-corrected chi connectivity index (χ2v) is 4.61. The first kappa shape index (κ1) is 14.3. The van der Waals surface area contributed by atoms with Gasteiger partial charge in [-0.25, -0.2) is 4.79 Å². The fourth-order valence-electron chi connectivity index (χ4n) is 2.17. The molecule has 0 radical (unpaired) electrons. The number of benzene rings is 1. The van der Waals surface area contributed by atoms with Crippen LogP contribution in [0.4, 0.5) is 11.4 Å². The average molecular weight is 280 g/mol. The Balaban J connectivity index is 2.38. The monoisotopic (exact) mass is 280 g/mol. The molecule has 20 heavy (non-hydrogen) atoms. The lowest BCUT2D eigenvalue weighted by Crippen LogP contribution is -2.41. The molecule has 0 aromatic heterocycles. The molecule has 0 amide bonds. The number of carbonyl (C=O) groups is 1. The SMILES string of the molecule is COC(=O)c1cc(N2CCO[C@H](C)C2)cc([N+](=O)[O-])c1. The quantitative estimate of drug-likeness (QED) is 0.475. The highest BCUT2D eigenvalue weighted by atomic mass is 16.6. The molecule has 0 saturated carbocycles. The van der Waals surface area contributed by atoms with Gasteiger partial charge in [-0.15, -0.1) is 0 Å². The summed E-state index contributed by atoms with van der Waals surface area (Å²) in [5, 5.41) is 11.0. The maximum Gasteiger partial charge on any atom is 0.338 e. The van der Waals surface area contributed by atoms with E-state index in [1.54, 1.807) is 6.07 Å². The minimum absolute atomic E-state index is 0.0459. The Kier molecular flexibility index (Phi) is 4.19. The van der Waals surface area contributed by atoms with Crippen molar-refractivity contribution in [2.24, 2.45) is 0 Å². The lowest BCUT2D eigenvalue weighted by Gasteiger charge is -2.32. The summed E-state index contributed by atoms with van der Waals surface area (Å²) in [7, 11) is 1.25. The standard InChI is InChI=1S/C13H16N2O5/c1-9-8-14(3-4-20-9)11-5-10(13(16)19-2)6-12(7-11)15(17)18/h5-7,9H,3-4,8H2,1-2H3/t9-/m1/s1. The number of morpholine rings is 1. The molecule has 1 aliphatic heterocycles. The predicted octanol–water partition coefficient (Wildman–Crippen LogP) is 1.61. The first-order chi connectivity index (χ1) is 9.51. The number of esters is 1. The van der Waals surface area contributed by atoms with Gasteiger partial charge in [0.25, 0.3) is 5.69 Å². The molecular formula is C13H16N2O5. The fraction of sp³-hybridized carbons (Fsp3) is 0.462. The molecule has 108 valence electrons. The number of non-ortho nitro benzene ring substituents is 1. The summed E-state index contributed by atoms with van der Waals surface area (Å²) >= 11 is 0. The number of carbonyl (C=O) groups excluding carboxylic acids is 1. The van der Waals surface area contributed by atoms with Gasteiger partial charge in [0.15, 0.2) is 0 Å². The van der Waals surface area contributed by atoms with Crippen LogP contribution in [0.3, 0.4) is 0 Å². The van der Waals surface area contributed by atoms with E-state index in [0.29, 0.717) is 25.4 Å². The van der Waals surface area contributed by atoms with Gasteiger partial charge in [0, 0.05) is 30.9 Å². The number of methoxy groups -OCH3 is 1. The second kappa shape index (κ2) is 5.87. The molecule has 1 fully saturated rings. The lowest BCUT2D eigenvalue weighted by molar-refractivity contribution is -0.384. The smallest absolute Gasteiger partial charge is 0.338 e. The minimum Gasteiger partial charge on any atom is -0.465 e. The second-order valence-electron chi connectivity index (χ2n) is 4.61. The Morgan fingerprint density at radius 3 is 2.85 bits per heavy atom. The molecule has 0 bridgehead atoms. The van der Waals surface area contributed by atoms with Crippen LogP contribution in [0.5, 0.6) is 0 Å². The molecule has 0 spiro atoms. The summed E-state index contributed by atoms with van der Waals surface area (Å²) in [6, 6.07) is 4.29. The first-order valence-electron chi connectivity index (χ1n) is 6.25. The Morgan fingerprint density at radius 1 is 1.50 bits per heavy atom. The molecule has 2 rings (SSSR count). The Morgan fingerprint density at radius 2 is 2.25 bits per heavy atom. The van der Waals surface area contributed by atoms with Gasteiger partial charge >= 0.3 is 5.97 Å². The predicted molar refractivity (Wildman–Crippen MR) is 72.1 cm³/mol. The van der Waals surface area contributed by atoms with E-state index in [1.165, 1.54) is 19.2 Å². The molecule has 1 atom stereocenters. The lowest BCUT2D eigenvalue weighted by atomic mass is 10.1. The van der Waals surface area contributed by atoms with Gasteiger partial charge in [-0.1, -0.05) is 0 Å². The molecule has 0 N–H and O–H groups in total. The van der Waals surface area contributed by atoms with E-state index < -0.39 is 10.9 Å². The van der Waals surface area contributed by atoms with Crippen LogP contribution in [0.15, 0.2) is 18.2 Å². The van der Waals surface area contributed by atoms with E-state index in [4.69, 9.17) is 4.74 Å². The molecular weight excluding hydrogens is 264 g/mol. The maximum absolute atomic E-state index is 11.6. The number of anilines is 1. The molecule has 1 aromatic carbocycles. The molecule has 0 aliphatic carbocycles. The van der Waals surface area contributed by atoms with Gasteiger partial charge in [0.2, 0.25) is 0 Å². The van der Waals surface area contributed by atoms with Crippen molar-refractivity contribution in [1.82, 2.24) is 0 Å². The van der Waals surface area contributed by atoms with E-state index in [0.717, 1.165) is 0 Å². The highest BCUT2D eigenvalue weighted by molar-refractivity contribution is 5.91. The van der Waals surface area contributed by atoms with Gasteiger partial charge in [0.1, 0.15) is 0 Å². The summed E-state index contributed by atoms with van der Waals surface area (Å²) < 4.78 is 10.1. The van der Waals surface area contributed by atoms with E-state index in [-0.39, 0.29) is 17.4 Å². The highest BCUT2D eigenvalue weighted by Gasteiger charge is 2.21. The maximum atomic E-state index is 11.6. The molecule has 1 heterocycles. The molecule has 0 unspecified atom stereocenters. The summed E-state index contributed by atoms with van der Waals surface area (Å²) in [4.78, 5) is 24.0. The molecule has 1 aliphatic rings. The summed E-state index contributed by atoms with van der Waals surface area (Å²) in [6.07, 6.45) is 0.0459. The van der Waals surface area contributed by atoms with Gasteiger partial charge < -0.3 is 14.4 Å². The van der Waals surface area contributed by atoms with Crippen molar-refractivity contribution in [3.63, 3.8) is 0 Å². The first-order valence-corrected chi connectivity index (χ1v) is 6.25. The third-order valence-corrected chi connectivity index (χ3v) is 3.14. The zero-order valence-electron chi connectivity index (χ0n) is 11.4. The van der Waals surface area contributed by atoms with Crippen LogP contribution in [0.2, 0.25) is 0 Å². The molecule has 1 saturated heterocycles. The topological polar surface area (TPSA) is 81.9 Å². The van der Waals surface area contributed by atoms with E-state index in [9.17, 15) is 14.9 Å². The van der Waals surface area contributed by atoms with Crippen molar-refractivity contribution in [2.75, 3.05) is 31.7 Å². The van der Waals surface area contributed by atoms with E-state index in [1.807, 2.05) is 11.8 Å². The third-order valence-electron chi connectivity index (χ3n) is 3.14. The number of nitro groups is 1. The number of ether oxygens (including phenoxy) is 2. The Labute approximate surface area is 116 Å². The van der Waals surface area contributed by atoms with Crippen molar-refractivity contribution in [1.29, 1.82) is 0 Å². The van der Waals surface area contributed by atoms with Gasteiger partial charge in [-0.05, 0) is 13.0 Å². The summed E-state index contributed by atoms with van der Waals surface area (Å²) in [6.45, 7) is 3.75. The number of hydrogen-bond acceptors (Lipinski definition) is 6. The van der Waals surface area contributed by atoms with Crippen LogP contribution >= 0.6 is 0 Å². The van der Waals surface area contributed by atoms with E-state index in [2.05, 4.69) is 4.74 Å². The van der Waals surface area contributed by atoms with Crippen molar-refractivity contribution >= 4 is 17.3 Å². The number of rotatable bonds is 3. The fourth-order valence-corrected chi connectivity index (χ4v) is 2.17. The molecule has 1 aromatic rings. The summed E-state index contributed by atoms with van der Waals surface area (Å²) in [5.74, 6) is -0.587. The van der Waals surface area contributed by atoms with Crippen LogP contribution in [0.25, 0.3) is 0 Å². The number of nitrogens with zero attached hydrogens (tertiary/aromatic N) is 2. The van der Waals surface area contributed by atoms with Crippen LogP contribution in [0.1, 0.15) is 17.3 Å². The van der Waals surface area contributed by atoms with Crippen molar-refractivity contribution in [2.45, 2.75) is 13.0 Å². The Bertz CT molecular complexity index is 531. The van der Waals surface area contributed by atoms with Gasteiger partial charge in [-0.2, -0.15) is 0 Å². The van der Waals surface area contributed by atoms with Gasteiger partial charge in [-0.3, -0.25) is 10.1 Å². The highest BCUT2D eigenvalue weighted by Crippen LogP contribution is 2.26. The van der Waals surface area contributed by atoms with Crippen LogP contribution in [0, 0.1) is 10.1 Å². The number of hydrogen-bond donors (Lipinski definition) is 0. The zero-order valence-corrected chi connectivity index (χ0v) is 11.4. The van der Waals surface area contributed by atoms with Crippen molar-refractivity contribution < 1.29 is 19.2 Å². The van der Waals surface area contributed by atoms with Crippen LogP contribution in [-0.2, 0) is 9.47 Å².